The minimum atomic E-state index is -0.433. The van der Waals surface area contributed by atoms with E-state index in [4.69, 9.17) is 0 Å². The van der Waals surface area contributed by atoms with E-state index in [1.54, 1.807) is 0 Å². The normalized spacial score (nSPS) is 28.5. The van der Waals surface area contributed by atoms with E-state index in [1.165, 1.54) is 43.4 Å². The Labute approximate surface area is 162 Å². The molecule has 1 aromatic heterocycles. The van der Waals surface area contributed by atoms with Gasteiger partial charge in [-0.1, -0.05) is 6.08 Å². The van der Waals surface area contributed by atoms with Crippen LogP contribution in [0.4, 0.5) is 10.3 Å². The number of nitrogens with one attached hydrogen (secondary N) is 2. The number of rotatable bonds is 5. The van der Waals surface area contributed by atoms with Crippen molar-refractivity contribution in [1.29, 1.82) is 0 Å². The molecule has 0 aromatic carbocycles. The van der Waals surface area contributed by atoms with Crippen LogP contribution in [0.1, 0.15) is 12.8 Å². The molecular formula is C18H24FN7S. The Morgan fingerprint density at radius 2 is 2.00 bits per heavy atom. The molecule has 0 saturated carbocycles. The molecule has 5 heterocycles. The van der Waals surface area contributed by atoms with Gasteiger partial charge < -0.3 is 15.6 Å². The van der Waals surface area contributed by atoms with Gasteiger partial charge in [0.25, 0.3) is 0 Å². The van der Waals surface area contributed by atoms with Crippen LogP contribution in [0.25, 0.3) is 0 Å². The molecule has 27 heavy (non-hydrogen) atoms. The zero-order valence-electron chi connectivity index (χ0n) is 15.2. The Balaban J connectivity index is 1.28. The first-order chi connectivity index (χ1) is 13.2. The lowest BCUT2D eigenvalue weighted by molar-refractivity contribution is 0.137. The summed E-state index contributed by atoms with van der Waals surface area (Å²) >= 11 is 1.91. The molecule has 0 aliphatic carbocycles. The second kappa shape index (κ2) is 7.05. The zero-order valence-corrected chi connectivity index (χ0v) is 16.0. The van der Waals surface area contributed by atoms with Gasteiger partial charge in [0.2, 0.25) is 5.95 Å². The highest BCUT2D eigenvalue weighted by atomic mass is 32.2. The molecule has 0 amide bonds. The van der Waals surface area contributed by atoms with Gasteiger partial charge >= 0.3 is 0 Å². The minimum absolute atomic E-state index is 0.0987. The molecule has 1 aromatic rings. The number of thioether (sulfide) groups is 1. The van der Waals surface area contributed by atoms with Crippen LogP contribution in [0, 0.1) is 5.82 Å². The van der Waals surface area contributed by atoms with E-state index >= 15 is 0 Å². The maximum Gasteiger partial charge on any atom is 0.228 e. The average molecular weight is 390 g/mol. The maximum absolute atomic E-state index is 13.0. The highest BCUT2D eigenvalue weighted by Gasteiger charge is 2.49. The molecule has 1 spiro atoms. The molecule has 0 bridgehead atoms. The second-order valence-corrected chi connectivity index (χ2v) is 8.45. The third-order valence-electron chi connectivity index (χ3n) is 5.79. The fraction of sp³-hybridized carbons (Fsp3) is 0.556. The number of nitrogens with zero attached hydrogens (tertiary/aromatic N) is 5. The molecule has 2 saturated heterocycles. The van der Waals surface area contributed by atoms with Gasteiger partial charge in [0.05, 0.1) is 23.8 Å². The molecule has 1 atom stereocenters. The van der Waals surface area contributed by atoms with Crippen LogP contribution < -0.4 is 10.7 Å². The Morgan fingerprint density at radius 3 is 2.78 bits per heavy atom. The Morgan fingerprint density at radius 1 is 1.19 bits per heavy atom. The van der Waals surface area contributed by atoms with Crippen molar-refractivity contribution in [2.24, 2.45) is 0 Å². The minimum Gasteiger partial charge on any atom is -0.310 e. The largest absolute Gasteiger partial charge is 0.310 e. The number of hydrogen-bond acceptors (Lipinski definition) is 8. The average Bonchev–Trinajstić information content (AvgIpc) is 3.06. The predicted molar refractivity (Wildman–Crippen MR) is 104 cm³/mol. The summed E-state index contributed by atoms with van der Waals surface area (Å²) in [4.78, 5) is 14.5. The van der Waals surface area contributed by atoms with Gasteiger partial charge in [0.1, 0.15) is 5.82 Å². The summed E-state index contributed by atoms with van der Waals surface area (Å²) in [6.45, 7) is 6.92. The van der Waals surface area contributed by atoms with E-state index in [-0.39, 0.29) is 5.54 Å². The highest BCUT2D eigenvalue weighted by Crippen LogP contribution is 2.48. The topological polar surface area (TPSA) is 59.6 Å². The van der Waals surface area contributed by atoms with Crippen molar-refractivity contribution in [3.05, 3.63) is 41.1 Å². The molecular weight excluding hydrogens is 365 g/mol. The Kier molecular flexibility index (Phi) is 4.55. The quantitative estimate of drug-likeness (QED) is 0.784. The van der Waals surface area contributed by atoms with Crippen molar-refractivity contribution < 1.29 is 4.39 Å². The standard InChI is InChI=1S/C18H24FN7S/c19-14-11-20-17(21-12-14)22-16-10-18-3-7-25(9-8-24-4-1-5-24)6-2-15(18)27-13-26(18)23-16/h2,10-12,23H,1,3-9,13H2,(H,20,21,22). The number of aromatic nitrogens is 2. The monoisotopic (exact) mass is 389 g/mol. The second-order valence-electron chi connectivity index (χ2n) is 7.46. The van der Waals surface area contributed by atoms with E-state index in [1.807, 2.05) is 11.8 Å². The van der Waals surface area contributed by atoms with Gasteiger partial charge in [-0.2, -0.15) is 5.01 Å². The fourth-order valence-corrected chi connectivity index (χ4v) is 5.33. The first-order valence-corrected chi connectivity index (χ1v) is 10.5. The van der Waals surface area contributed by atoms with E-state index in [0.29, 0.717) is 5.95 Å². The van der Waals surface area contributed by atoms with E-state index in [2.05, 4.69) is 47.7 Å². The van der Waals surface area contributed by atoms with Crippen LogP contribution >= 0.6 is 11.8 Å². The molecule has 4 aliphatic rings. The summed E-state index contributed by atoms with van der Waals surface area (Å²) in [5.41, 5.74) is 3.34. The van der Waals surface area contributed by atoms with E-state index in [0.717, 1.165) is 37.8 Å². The predicted octanol–water partition coefficient (Wildman–Crippen LogP) is 1.43. The molecule has 5 rings (SSSR count). The first-order valence-electron chi connectivity index (χ1n) is 9.51. The molecule has 0 radical (unpaired) electrons. The molecule has 9 heteroatoms. The van der Waals surface area contributed by atoms with Crippen molar-refractivity contribution in [2.45, 2.75) is 18.4 Å². The molecule has 144 valence electrons. The van der Waals surface area contributed by atoms with Gasteiger partial charge in [-0.15, -0.1) is 11.8 Å². The Hall–Kier alpha value is -1.68. The van der Waals surface area contributed by atoms with E-state index in [9.17, 15) is 4.39 Å². The molecule has 4 aliphatic heterocycles. The smallest absolute Gasteiger partial charge is 0.228 e. The van der Waals surface area contributed by atoms with Crippen LogP contribution in [-0.2, 0) is 0 Å². The molecule has 2 N–H and O–H groups in total. The lowest BCUT2D eigenvalue weighted by Gasteiger charge is -2.33. The van der Waals surface area contributed by atoms with Crippen molar-refractivity contribution in [2.75, 3.05) is 50.5 Å². The summed E-state index contributed by atoms with van der Waals surface area (Å²) in [6.07, 6.45) is 9.38. The van der Waals surface area contributed by atoms with Gasteiger partial charge in [-0.25, -0.2) is 14.4 Å². The number of hydrazine groups is 1. The molecule has 2 fully saturated rings. The number of halogens is 1. The summed E-state index contributed by atoms with van der Waals surface area (Å²) in [7, 11) is 0. The number of anilines is 1. The molecule has 1 unspecified atom stereocenters. The van der Waals surface area contributed by atoms with Crippen molar-refractivity contribution in [3.8, 4) is 0 Å². The Bertz CT molecular complexity index is 763. The SMILES string of the molecule is Fc1cnc(NC2=CC34CCN(CCN5CCC5)CC=C3SCN4N2)nc1. The van der Waals surface area contributed by atoms with Crippen LogP contribution in [0.2, 0.25) is 0 Å². The molecule has 7 nitrogen and oxygen atoms in total. The first kappa shape index (κ1) is 17.4. The van der Waals surface area contributed by atoms with Crippen LogP contribution in [0.3, 0.4) is 0 Å². The summed E-state index contributed by atoms with van der Waals surface area (Å²) in [5, 5.41) is 5.46. The van der Waals surface area contributed by atoms with Crippen molar-refractivity contribution in [3.63, 3.8) is 0 Å². The van der Waals surface area contributed by atoms with Gasteiger partial charge in [0, 0.05) is 31.1 Å². The third kappa shape index (κ3) is 3.33. The van der Waals surface area contributed by atoms with Crippen molar-refractivity contribution in [1.82, 2.24) is 30.2 Å². The summed E-state index contributed by atoms with van der Waals surface area (Å²) in [6, 6.07) is 0. The highest BCUT2D eigenvalue weighted by molar-refractivity contribution is 8.03. The lowest BCUT2D eigenvalue weighted by Crippen LogP contribution is -2.47. The zero-order chi connectivity index (χ0) is 18.3. The van der Waals surface area contributed by atoms with Crippen LogP contribution in [-0.4, -0.2) is 75.5 Å². The van der Waals surface area contributed by atoms with Gasteiger partial charge in [-0.05, 0) is 32.0 Å². The summed E-state index contributed by atoms with van der Waals surface area (Å²) in [5.74, 6) is 1.74. The van der Waals surface area contributed by atoms with Crippen LogP contribution in [0.15, 0.2) is 35.3 Å². The summed E-state index contributed by atoms with van der Waals surface area (Å²) < 4.78 is 13.0. The van der Waals surface area contributed by atoms with E-state index < -0.39 is 5.82 Å². The number of likely N-dealkylation sites (tertiary alicyclic amines) is 1. The van der Waals surface area contributed by atoms with Crippen molar-refractivity contribution >= 4 is 17.7 Å². The third-order valence-corrected chi connectivity index (χ3v) is 7.01. The van der Waals surface area contributed by atoms with Gasteiger partial charge in [0.15, 0.2) is 5.82 Å². The number of hydrogen-bond donors (Lipinski definition) is 2. The lowest BCUT2D eigenvalue weighted by atomic mass is 9.95. The maximum atomic E-state index is 13.0. The van der Waals surface area contributed by atoms with Crippen LogP contribution in [0.5, 0.6) is 0 Å². The fourth-order valence-electron chi connectivity index (χ4n) is 4.06. The van der Waals surface area contributed by atoms with Gasteiger partial charge in [-0.3, -0.25) is 4.90 Å².